The molecule has 0 N–H and O–H groups in total. The average molecular weight is 765 g/mol. The maximum Gasteiger partial charge on any atom is 0.325 e. The van der Waals surface area contributed by atoms with E-state index in [9.17, 15) is 19.2 Å². The summed E-state index contributed by atoms with van der Waals surface area (Å²) in [4.78, 5) is 49.2. The molecule has 56 heavy (non-hydrogen) atoms. The van der Waals surface area contributed by atoms with Crippen molar-refractivity contribution < 1.29 is 47.6 Å². The van der Waals surface area contributed by atoms with E-state index in [1.165, 1.54) is 0 Å². The van der Waals surface area contributed by atoms with Crippen molar-refractivity contribution in [2.45, 2.75) is 60.0 Å². The number of fused-ring (bicyclic) bond motifs is 1. The van der Waals surface area contributed by atoms with Crippen molar-refractivity contribution in [1.82, 2.24) is 0 Å². The number of terminal acetylenes is 2. The van der Waals surface area contributed by atoms with Crippen LogP contribution in [-0.4, -0.2) is 71.1 Å². The number of hydrogen-bond donors (Lipinski definition) is 0. The molecule has 0 aromatic heterocycles. The number of carbonyl (C=O) groups is 4. The molecule has 10 heteroatoms. The quantitative estimate of drug-likeness (QED) is 0.0774. The molecular weight excluding hydrogens is 712 g/mol. The molecule has 0 heterocycles. The average Bonchev–Trinajstić information content (AvgIpc) is 3.59. The van der Waals surface area contributed by atoms with Gasteiger partial charge in [0.2, 0.25) is 0 Å². The van der Waals surface area contributed by atoms with Crippen molar-refractivity contribution in [3.05, 3.63) is 95.1 Å². The van der Waals surface area contributed by atoms with Gasteiger partial charge in [-0.1, -0.05) is 72.5 Å². The molecule has 0 amide bonds. The second kappa shape index (κ2) is 24.5. The Kier molecular flexibility index (Phi) is 20.3. The molecular formula is C46H52O10. The summed E-state index contributed by atoms with van der Waals surface area (Å²) in [6.45, 7) is 8.44. The van der Waals surface area contributed by atoms with Crippen molar-refractivity contribution in [1.29, 1.82) is 0 Å². The Hall–Kier alpha value is -5.86. The van der Waals surface area contributed by atoms with Gasteiger partial charge in [0.1, 0.15) is 6.61 Å². The van der Waals surface area contributed by atoms with E-state index in [1.54, 1.807) is 41.9 Å². The van der Waals surface area contributed by atoms with Crippen LogP contribution in [0.15, 0.2) is 72.8 Å². The molecule has 0 saturated heterocycles. The molecule has 0 fully saturated rings. The first-order valence-corrected chi connectivity index (χ1v) is 18.3. The molecule has 1 aliphatic rings. The van der Waals surface area contributed by atoms with Crippen LogP contribution < -0.4 is 0 Å². The summed E-state index contributed by atoms with van der Waals surface area (Å²) >= 11 is 0. The van der Waals surface area contributed by atoms with Gasteiger partial charge in [-0.25, -0.2) is 0 Å². The third-order valence-electron chi connectivity index (χ3n) is 8.49. The standard InChI is InChI=1S/C23H26O5.C13H16O4.C10H10O/c1-4-27-21(24)23(22(25)28-5-2)13-17-11-19(15-26-3)20(12-18(17)14-23)16-9-7-6-8-10-16;1-5-9-13(10-6-2,11(14)16-7-3)12(15)17-8-4;1-11-9-5-8-10-6-3-2-4-7-10/h6-12H,4-5,13-15H2,1-3H3;1-2H,7-10H2,3-4H3;2-4,6-7H,9H2,1H3. The first-order valence-electron chi connectivity index (χ1n) is 18.3. The highest BCUT2D eigenvalue weighted by molar-refractivity contribution is 6.02. The van der Waals surface area contributed by atoms with Crippen LogP contribution in [0.3, 0.4) is 0 Å². The Morgan fingerprint density at radius 3 is 1.61 bits per heavy atom. The van der Waals surface area contributed by atoms with Crippen LogP contribution in [0.4, 0.5) is 0 Å². The fraction of sp³-hybridized carbons (Fsp3) is 0.391. The molecule has 0 aliphatic heterocycles. The van der Waals surface area contributed by atoms with Gasteiger partial charge in [0.25, 0.3) is 0 Å². The second-order valence-electron chi connectivity index (χ2n) is 12.3. The Morgan fingerprint density at radius 2 is 1.16 bits per heavy atom. The summed E-state index contributed by atoms with van der Waals surface area (Å²) in [5.74, 6) is 7.92. The Bertz CT molecular complexity index is 1820. The van der Waals surface area contributed by atoms with Gasteiger partial charge < -0.3 is 28.4 Å². The lowest BCUT2D eigenvalue weighted by Gasteiger charge is -2.25. The van der Waals surface area contributed by atoms with Crippen LogP contribution in [0.1, 0.15) is 62.8 Å². The SMILES string of the molecule is C#CCC(CC#C)(C(=O)OCC)C(=O)OCC.CCOC(=O)C1(C(=O)OCC)Cc2cc(COC)c(-c3ccccc3)cc2C1.COCC#Cc1ccccc1. The lowest BCUT2D eigenvalue weighted by Crippen LogP contribution is -2.43. The normalized spacial score (nSPS) is 11.9. The summed E-state index contributed by atoms with van der Waals surface area (Å²) in [6.07, 6.45) is 10.7. The minimum Gasteiger partial charge on any atom is -0.465 e. The molecule has 3 aromatic rings. The summed E-state index contributed by atoms with van der Waals surface area (Å²) in [5.41, 5.74) is 3.23. The van der Waals surface area contributed by atoms with Gasteiger partial charge in [-0.3, -0.25) is 19.2 Å². The van der Waals surface area contributed by atoms with Gasteiger partial charge >= 0.3 is 23.9 Å². The molecule has 0 spiro atoms. The van der Waals surface area contributed by atoms with Crippen LogP contribution >= 0.6 is 0 Å². The van der Waals surface area contributed by atoms with Gasteiger partial charge in [-0.15, -0.1) is 24.7 Å². The van der Waals surface area contributed by atoms with E-state index in [-0.39, 0.29) is 52.1 Å². The highest BCUT2D eigenvalue weighted by atomic mass is 16.6. The zero-order valence-corrected chi connectivity index (χ0v) is 33.2. The second-order valence-corrected chi connectivity index (χ2v) is 12.3. The zero-order valence-electron chi connectivity index (χ0n) is 33.2. The van der Waals surface area contributed by atoms with Gasteiger partial charge in [-0.2, -0.15) is 0 Å². The Morgan fingerprint density at radius 1 is 0.679 bits per heavy atom. The lowest BCUT2D eigenvalue weighted by molar-refractivity contribution is -0.173. The van der Waals surface area contributed by atoms with E-state index in [0.717, 1.165) is 33.4 Å². The molecule has 1 aliphatic carbocycles. The predicted molar refractivity (Wildman–Crippen MR) is 213 cm³/mol. The third kappa shape index (κ3) is 12.6. The van der Waals surface area contributed by atoms with E-state index in [4.69, 9.17) is 41.3 Å². The number of esters is 4. The van der Waals surface area contributed by atoms with Crippen LogP contribution in [0.2, 0.25) is 0 Å². The molecule has 0 radical (unpaired) electrons. The first kappa shape index (κ1) is 46.3. The summed E-state index contributed by atoms with van der Waals surface area (Å²) < 4.78 is 30.4. The maximum absolute atomic E-state index is 12.8. The van der Waals surface area contributed by atoms with Crippen molar-refractivity contribution in [2.24, 2.45) is 10.8 Å². The molecule has 4 rings (SSSR count). The predicted octanol–water partition coefficient (Wildman–Crippen LogP) is 6.54. The molecule has 0 atom stereocenters. The largest absolute Gasteiger partial charge is 0.465 e. The van der Waals surface area contributed by atoms with Crippen molar-refractivity contribution in [2.75, 3.05) is 47.3 Å². The molecule has 296 valence electrons. The van der Waals surface area contributed by atoms with Gasteiger partial charge in [0.05, 0.1) is 33.0 Å². The molecule has 0 saturated carbocycles. The first-order chi connectivity index (χ1) is 27.1. The minimum atomic E-state index is -1.57. The van der Waals surface area contributed by atoms with E-state index in [1.807, 2.05) is 66.7 Å². The number of carbonyl (C=O) groups excluding carboxylic acids is 4. The van der Waals surface area contributed by atoms with Gasteiger partial charge in [0.15, 0.2) is 10.8 Å². The number of methoxy groups -OCH3 is 2. The summed E-state index contributed by atoms with van der Waals surface area (Å²) in [7, 11) is 3.29. The Labute approximate surface area is 331 Å². The summed E-state index contributed by atoms with van der Waals surface area (Å²) in [5, 5.41) is 0. The highest BCUT2D eigenvalue weighted by Crippen LogP contribution is 2.42. The zero-order chi connectivity index (χ0) is 41.4. The van der Waals surface area contributed by atoms with Crippen molar-refractivity contribution in [3.8, 4) is 47.7 Å². The molecule has 0 bridgehead atoms. The fourth-order valence-corrected chi connectivity index (χ4v) is 5.91. The van der Waals surface area contributed by atoms with E-state index >= 15 is 0 Å². The monoisotopic (exact) mass is 764 g/mol. The molecule has 0 unspecified atom stereocenters. The summed E-state index contributed by atoms with van der Waals surface area (Å²) in [6, 6.07) is 24.0. The molecule has 10 nitrogen and oxygen atoms in total. The van der Waals surface area contributed by atoms with Crippen LogP contribution in [0.5, 0.6) is 0 Å². The van der Waals surface area contributed by atoms with E-state index in [2.05, 4.69) is 29.7 Å². The minimum absolute atomic E-state index is 0.130. The Balaban J connectivity index is 0.000000328. The van der Waals surface area contributed by atoms with Gasteiger partial charge in [-0.05, 0) is 80.5 Å². The smallest absolute Gasteiger partial charge is 0.325 e. The third-order valence-corrected chi connectivity index (χ3v) is 8.49. The molecule has 3 aromatic carbocycles. The number of hydrogen-bond acceptors (Lipinski definition) is 10. The van der Waals surface area contributed by atoms with E-state index < -0.39 is 34.7 Å². The van der Waals surface area contributed by atoms with Crippen molar-refractivity contribution in [3.63, 3.8) is 0 Å². The number of benzene rings is 3. The van der Waals surface area contributed by atoms with Crippen LogP contribution in [-0.2, 0) is 67.0 Å². The lowest BCUT2D eigenvalue weighted by atomic mass is 9.81. The van der Waals surface area contributed by atoms with Crippen LogP contribution in [0.25, 0.3) is 11.1 Å². The maximum atomic E-state index is 12.8. The van der Waals surface area contributed by atoms with Crippen LogP contribution in [0, 0.1) is 47.4 Å². The topological polar surface area (TPSA) is 124 Å². The number of ether oxygens (including phenoxy) is 6. The van der Waals surface area contributed by atoms with Gasteiger partial charge in [0, 0.05) is 32.6 Å². The fourth-order valence-electron chi connectivity index (χ4n) is 5.91. The highest BCUT2D eigenvalue weighted by Gasteiger charge is 2.53. The number of rotatable bonds is 14. The van der Waals surface area contributed by atoms with Crippen molar-refractivity contribution >= 4 is 23.9 Å². The van der Waals surface area contributed by atoms with E-state index in [0.29, 0.717) is 13.2 Å².